The van der Waals surface area contributed by atoms with E-state index in [1.165, 1.54) is 0 Å². The first kappa shape index (κ1) is 18.5. The molecule has 2 heterocycles. The Balaban J connectivity index is 0.00000242. The summed E-state index contributed by atoms with van der Waals surface area (Å²) in [6.07, 6.45) is 3.77. The number of nitrogens with one attached hydrogen (secondary N) is 2. The van der Waals surface area contributed by atoms with Gasteiger partial charge in [-0.1, -0.05) is 5.16 Å². The number of aryl methyl sites for hydroxylation is 3. The minimum absolute atomic E-state index is 0. The molecule has 0 bridgehead atoms. The largest absolute Gasteiger partial charge is 0.361 e. The monoisotopic (exact) mass is 418 g/mol. The normalized spacial score (nSPS) is 11.2. The lowest BCUT2D eigenvalue weighted by Gasteiger charge is -2.12. The summed E-state index contributed by atoms with van der Waals surface area (Å²) in [5.41, 5.74) is 1.98. The maximum absolute atomic E-state index is 5.14. The molecule has 122 valence electrons. The van der Waals surface area contributed by atoms with Crippen molar-refractivity contribution in [2.45, 2.75) is 33.9 Å². The van der Waals surface area contributed by atoms with Gasteiger partial charge in [0.25, 0.3) is 0 Å². The number of guanidine groups is 1. The third kappa shape index (κ3) is 4.72. The Morgan fingerprint density at radius 2 is 2.09 bits per heavy atom. The molecule has 0 saturated carbocycles. The molecule has 0 aliphatic heterocycles. The Morgan fingerprint density at radius 1 is 1.32 bits per heavy atom. The number of halogens is 1. The van der Waals surface area contributed by atoms with E-state index in [-0.39, 0.29) is 24.0 Å². The van der Waals surface area contributed by atoms with E-state index in [9.17, 15) is 0 Å². The molecule has 0 saturated heterocycles. The third-order valence-electron chi connectivity index (χ3n) is 3.41. The number of rotatable bonds is 5. The fourth-order valence-electron chi connectivity index (χ4n) is 2.08. The van der Waals surface area contributed by atoms with Crippen molar-refractivity contribution in [2.24, 2.45) is 4.99 Å². The molecule has 22 heavy (non-hydrogen) atoms. The lowest BCUT2D eigenvalue weighted by Crippen LogP contribution is -2.38. The summed E-state index contributed by atoms with van der Waals surface area (Å²) in [4.78, 5) is 8.40. The fraction of sp³-hybridized carbons (Fsp3) is 0.500. The molecule has 7 nitrogen and oxygen atoms in total. The molecule has 0 fully saturated rings. The van der Waals surface area contributed by atoms with E-state index in [2.05, 4.69) is 30.3 Å². The Labute approximate surface area is 147 Å². The first-order valence-electron chi connectivity index (χ1n) is 6.95. The van der Waals surface area contributed by atoms with Crippen LogP contribution in [0.5, 0.6) is 0 Å². The van der Waals surface area contributed by atoms with Crippen molar-refractivity contribution >= 4 is 29.9 Å². The van der Waals surface area contributed by atoms with E-state index in [0.29, 0.717) is 6.54 Å². The topological polar surface area (TPSA) is 80.3 Å². The molecule has 0 amide bonds. The van der Waals surface area contributed by atoms with Crippen molar-refractivity contribution < 1.29 is 4.52 Å². The van der Waals surface area contributed by atoms with Gasteiger partial charge in [-0.2, -0.15) is 0 Å². The lowest BCUT2D eigenvalue weighted by molar-refractivity contribution is 0.392. The SMILES string of the molecule is CN=C(NCCn1ccnc1C)NCc1c(C)noc1C.I. The van der Waals surface area contributed by atoms with Crippen LogP contribution in [-0.2, 0) is 13.1 Å². The van der Waals surface area contributed by atoms with Gasteiger partial charge in [0.1, 0.15) is 11.6 Å². The average Bonchev–Trinajstić information content (AvgIpc) is 3.01. The second-order valence-electron chi connectivity index (χ2n) is 4.82. The summed E-state index contributed by atoms with van der Waals surface area (Å²) in [5, 5.41) is 10.5. The van der Waals surface area contributed by atoms with Gasteiger partial charge >= 0.3 is 0 Å². The van der Waals surface area contributed by atoms with Crippen LogP contribution in [0.2, 0.25) is 0 Å². The summed E-state index contributed by atoms with van der Waals surface area (Å²) >= 11 is 0. The predicted molar refractivity (Wildman–Crippen MR) is 96.6 cm³/mol. The van der Waals surface area contributed by atoms with Crippen molar-refractivity contribution in [3.05, 3.63) is 35.2 Å². The Hall–Kier alpha value is -1.58. The summed E-state index contributed by atoms with van der Waals surface area (Å²) in [6, 6.07) is 0. The van der Waals surface area contributed by atoms with Crippen molar-refractivity contribution in [2.75, 3.05) is 13.6 Å². The van der Waals surface area contributed by atoms with Crippen LogP contribution in [0.4, 0.5) is 0 Å². The van der Waals surface area contributed by atoms with E-state index in [0.717, 1.165) is 41.9 Å². The number of hydrogen-bond acceptors (Lipinski definition) is 4. The molecule has 8 heteroatoms. The van der Waals surface area contributed by atoms with Gasteiger partial charge in [0.2, 0.25) is 0 Å². The fourth-order valence-corrected chi connectivity index (χ4v) is 2.08. The Kier molecular flexibility index (Phi) is 7.36. The van der Waals surface area contributed by atoms with Crippen LogP contribution in [0.1, 0.15) is 22.8 Å². The third-order valence-corrected chi connectivity index (χ3v) is 3.41. The highest BCUT2D eigenvalue weighted by atomic mass is 127. The molecule has 2 N–H and O–H groups in total. The smallest absolute Gasteiger partial charge is 0.191 e. The molecule has 0 aliphatic carbocycles. The van der Waals surface area contributed by atoms with Crippen LogP contribution in [-0.4, -0.2) is 34.3 Å². The van der Waals surface area contributed by atoms with Gasteiger partial charge in [0, 0.05) is 44.6 Å². The average molecular weight is 418 g/mol. The van der Waals surface area contributed by atoms with Gasteiger partial charge in [-0.3, -0.25) is 4.99 Å². The van der Waals surface area contributed by atoms with Gasteiger partial charge in [0.05, 0.1) is 5.69 Å². The summed E-state index contributed by atoms with van der Waals surface area (Å²) in [6.45, 7) is 8.10. The molecule has 0 aromatic carbocycles. The molecular formula is C14H23IN6O. The van der Waals surface area contributed by atoms with Crippen LogP contribution in [0.3, 0.4) is 0 Å². The minimum Gasteiger partial charge on any atom is -0.361 e. The summed E-state index contributed by atoms with van der Waals surface area (Å²) < 4.78 is 7.24. The molecular weight excluding hydrogens is 395 g/mol. The Bertz CT molecular complexity index is 599. The van der Waals surface area contributed by atoms with E-state index in [4.69, 9.17) is 4.52 Å². The van der Waals surface area contributed by atoms with E-state index in [1.807, 2.05) is 27.0 Å². The van der Waals surface area contributed by atoms with Crippen LogP contribution in [0.25, 0.3) is 0 Å². The number of nitrogens with zero attached hydrogens (tertiary/aromatic N) is 4. The van der Waals surface area contributed by atoms with Crippen molar-refractivity contribution in [3.8, 4) is 0 Å². The number of aliphatic imine (C=N–C) groups is 1. The van der Waals surface area contributed by atoms with Crippen molar-refractivity contribution in [1.29, 1.82) is 0 Å². The molecule has 0 unspecified atom stereocenters. The maximum atomic E-state index is 5.14. The molecule has 0 aliphatic rings. The highest BCUT2D eigenvalue weighted by Gasteiger charge is 2.09. The zero-order chi connectivity index (χ0) is 15.2. The predicted octanol–water partition coefficient (Wildman–Crippen LogP) is 1.78. The first-order chi connectivity index (χ1) is 10.1. The molecule has 2 aromatic rings. The van der Waals surface area contributed by atoms with Crippen LogP contribution < -0.4 is 10.6 Å². The van der Waals surface area contributed by atoms with Gasteiger partial charge in [-0.25, -0.2) is 4.98 Å². The molecule has 2 rings (SSSR count). The highest BCUT2D eigenvalue weighted by molar-refractivity contribution is 14.0. The summed E-state index contributed by atoms with van der Waals surface area (Å²) in [7, 11) is 1.76. The number of imidazole rings is 1. The van der Waals surface area contributed by atoms with Crippen LogP contribution in [0.15, 0.2) is 21.9 Å². The van der Waals surface area contributed by atoms with Gasteiger partial charge < -0.3 is 19.7 Å². The molecule has 0 atom stereocenters. The zero-order valence-electron chi connectivity index (χ0n) is 13.4. The van der Waals surface area contributed by atoms with Crippen LogP contribution >= 0.6 is 24.0 Å². The van der Waals surface area contributed by atoms with Crippen molar-refractivity contribution in [3.63, 3.8) is 0 Å². The Morgan fingerprint density at radius 3 is 2.64 bits per heavy atom. The first-order valence-corrected chi connectivity index (χ1v) is 6.95. The molecule has 0 spiro atoms. The van der Waals surface area contributed by atoms with E-state index >= 15 is 0 Å². The lowest BCUT2D eigenvalue weighted by atomic mass is 10.2. The minimum atomic E-state index is 0. The van der Waals surface area contributed by atoms with Gasteiger partial charge in [0.15, 0.2) is 5.96 Å². The van der Waals surface area contributed by atoms with Gasteiger partial charge in [-0.15, -0.1) is 24.0 Å². The zero-order valence-corrected chi connectivity index (χ0v) is 15.7. The quantitative estimate of drug-likeness (QED) is 0.440. The van der Waals surface area contributed by atoms with E-state index in [1.54, 1.807) is 13.2 Å². The van der Waals surface area contributed by atoms with Gasteiger partial charge in [-0.05, 0) is 20.8 Å². The van der Waals surface area contributed by atoms with E-state index < -0.39 is 0 Å². The summed E-state index contributed by atoms with van der Waals surface area (Å²) in [5.74, 6) is 2.60. The number of aromatic nitrogens is 3. The number of hydrogen-bond donors (Lipinski definition) is 2. The highest BCUT2D eigenvalue weighted by Crippen LogP contribution is 2.11. The molecule has 2 aromatic heterocycles. The molecule has 0 radical (unpaired) electrons. The van der Waals surface area contributed by atoms with Crippen LogP contribution in [0, 0.1) is 20.8 Å². The second kappa shape index (κ2) is 8.76. The van der Waals surface area contributed by atoms with Crippen molar-refractivity contribution in [1.82, 2.24) is 25.3 Å². The second-order valence-corrected chi connectivity index (χ2v) is 4.82. The standard InChI is InChI=1S/C14H22N6O.HI/c1-10-13(11(2)21-19-10)9-18-14(15-4)17-6-8-20-7-5-16-12(20)3;/h5,7H,6,8-9H2,1-4H3,(H2,15,17,18);1H. The maximum Gasteiger partial charge on any atom is 0.191 e.